The maximum atomic E-state index is 3.47. The van der Waals surface area contributed by atoms with E-state index in [1.807, 2.05) is 18.4 Å². The lowest BCUT2D eigenvalue weighted by atomic mass is 10.2. The largest absolute Gasteiger partial charge is 0.320 e. The molecule has 0 aliphatic carbocycles. The van der Waals surface area contributed by atoms with Crippen molar-refractivity contribution in [2.24, 2.45) is 0 Å². The lowest BCUT2D eigenvalue weighted by Crippen LogP contribution is -2.19. The third kappa shape index (κ3) is 3.78. The molecule has 14 heavy (non-hydrogen) atoms. The van der Waals surface area contributed by atoms with Crippen molar-refractivity contribution in [3.8, 4) is 0 Å². The molecule has 2 N–H and O–H groups in total. The smallest absolute Gasteiger partial charge is 0.0302 e. The third-order valence-corrected chi connectivity index (χ3v) is 3.25. The Morgan fingerprint density at radius 1 is 1.36 bits per heavy atom. The summed E-state index contributed by atoms with van der Waals surface area (Å²) >= 11 is 1.86. The SMILES string of the molecule is CCc1ccsc1CNCCCNC. The van der Waals surface area contributed by atoms with Gasteiger partial charge in [-0.1, -0.05) is 6.92 Å². The zero-order valence-corrected chi connectivity index (χ0v) is 9.91. The molecule has 80 valence electrons. The van der Waals surface area contributed by atoms with Crippen molar-refractivity contribution in [2.75, 3.05) is 20.1 Å². The van der Waals surface area contributed by atoms with Gasteiger partial charge in [-0.2, -0.15) is 0 Å². The summed E-state index contributed by atoms with van der Waals surface area (Å²) in [5.41, 5.74) is 1.50. The van der Waals surface area contributed by atoms with Gasteiger partial charge in [-0.05, 0) is 50.0 Å². The van der Waals surface area contributed by atoms with Gasteiger partial charge in [0.1, 0.15) is 0 Å². The van der Waals surface area contributed by atoms with Crippen LogP contribution < -0.4 is 10.6 Å². The van der Waals surface area contributed by atoms with Gasteiger partial charge in [0, 0.05) is 11.4 Å². The van der Waals surface area contributed by atoms with Crippen molar-refractivity contribution in [3.05, 3.63) is 21.9 Å². The summed E-state index contributed by atoms with van der Waals surface area (Å²) in [5.74, 6) is 0. The second-order valence-corrected chi connectivity index (χ2v) is 4.36. The van der Waals surface area contributed by atoms with E-state index in [1.165, 1.54) is 16.9 Å². The van der Waals surface area contributed by atoms with Crippen molar-refractivity contribution in [2.45, 2.75) is 26.3 Å². The Morgan fingerprint density at radius 3 is 2.93 bits per heavy atom. The zero-order valence-electron chi connectivity index (χ0n) is 9.10. The van der Waals surface area contributed by atoms with Crippen LogP contribution in [0, 0.1) is 0 Å². The van der Waals surface area contributed by atoms with E-state index in [0.29, 0.717) is 0 Å². The van der Waals surface area contributed by atoms with Gasteiger partial charge < -0.3 is 10.6 Å². The van der Waals surface area contributed by atoms with E-state index in [4.69, 9.17) is 0 Å². The van der Waals surface area contributed by atoms with Gasteiger partial charge in [-0.3, -0.25) is 0 Å². The first-order valence-electron chi connectivity index (χ1n) is 5.29. The van der Waals surface area contributed by atoms with Crippen LogP contribution in [0.3, 0.4) is 0 Å². The quantitative estimate of drug-likeness (QED) is 0.676. The van der Waals surface area contributed by atoms with Gasteiger partial charge in [0.2, 0.25) is 0 Å². The molecule has 0 unspecified atom stereocenters. The standard InChI is InChI=1S/C11H20N2S/c1-3-10-5-8-14-11(10)9-13-7-4-6-12-2/h5,8,12-13H,3-4,6-7,9H2,1-2H3. The Morgan fingerprint density at radius 2 is 2.21 bits per heavy atom. The van der Waals surface area contributed by atoms with E-state index in [1.54, 1.807) is 0 Å². The minimum Gasteiger partial charge on any atom is -0.320 e. The molecule has 0 bridgehead atoms. The molecule has 0 aliphatic heterocycles. The van der Waals surface area contributed by atoms with Crippen molar-refractivity contribution >= 4 is 11.3 Å². The average Bonchev–Trinajstić information content (AvgIpc) is 2.65. The normalized spacial score (nSPS) is 10.7. The van der Waals surface area contributed by atoms with Gasteiger partial charge in [0.05, 0.1) is 0 Å². The van der Waals surface area contributed by atoms with E-state index in [0.717, 1.165) is 26.1 Å². The summed E-state index contributed by atoms with van der Waals surface area (Å²) in [6.45, 7) is 5.44. The van der Waals surface area contributed by atoms with E-state index in [9.17, 15) is 0 Å². The molecule has 1 heterocycles. The zero-order chi connectivity index (χ0) is 10.2. The minimum absolute atomic E-state index is 1.03. The summed E-state index contributed by atoms with van der Waals surface area (Å²) in [7, 11) is 1.99. The topological polar surface area (TPSA) is 24.1 Å². The van der Waals surface area contributed by atoms with Crippen LogP contribution in [0.15, 0.2) is 11.4 Å². The van der Waals surface area contributed by atoms with Crippen molar-refractivity contribution in [1.29, 1.82) is 0 Å². The Balaban J connectivity index is 2.17. The molecule has 1 rings (SSSR count). The Hall–Kier alpha value is -0.380. The minimum atomic E-state index is 1.03. The van der Waals surface area contributed by atoms with Gasteiger partial charge in [-0.25, -0.2) is 0 Å². The highest BCUT2D eigenvalue weighted by Crippen LogP contribution is 2.16. The highest BCUT2D eigenvalue weighted by molar-refractivity contribution is 7.10. The maximum absolute atomic E-state index is 3.47. The fourth-order valence-electron chi connectivity index (χ4n) is 1.43. The molecule has 0 atom stereocenters. The first kappa shape index (κ1) is 11.7. The fourth-order valence-corrected chi connectivity index (χ4v) is 2.37. The third-order valence-electron chi connectivity index (χ3n) is 2.28. The van der Waals surface area contributed by atoms with Crippen molar-refractivity contribution < 1.29 is 0 Å². The van der Waals surface area contributed by atoms with Crippen molar-refractivity contribution in [3.63, 3.8) is 0 Å². The number of nitrogens with one attached hydrogen (secondary N) is 2. The molecule has 0 fully saturated rings. The molecule has 0 saturated heterocycles. The summed E-state index contributed by atoms with van der Waals surface area (Å²) < 4.78 is 0. The predicted molar refractivity (Wildman–Crippen MR) is 63.9 cm³/mol. The van der Waals surface area contributed by atoms with E-state index >= 15 is 0 Å². The summed E-state index contributed by atoms with van der Waals surface area (Å²) in [6.07, 6.45) is 2.35. The molecule has 0 spiro atoms. The van der Waals surface area contributed by atoms with Crippen LogP contribution in [0.2, 0.25) is 0 Å². The van der Waals surface area contributed by atoms with E-state index < -0.39 is 0 Å². The summed E-state index contributed by atoms with van der Waals surface area (Å²) in [5, 5.41) is 8.80. The first-order valence-corrected chi connectivity index (χ1v) is 6.17. The van der Waals surface area contributed by atoms with Crippen molar-refractivity contribution in [1.82, 2.24) is 10.6 Å². The molecular weight excluding hydrogens is 192 g/mol. The van der Waals surface area contributed by atoms with Gasteiger partial charge >= 0.3 is 0 Å². The Labute approximate surface area is 90.7 Å². The van der Waals surface area contributed by atoms with Gasteiger partial charge in [0.15, 0.2) is 0 Å². The lowest BCUT2D eigenvalue weighted by Gasteiger charge is -2.04. The molecule has 0 amide bonds. The molecule has 0 saturated carbocycles. The number of hydrogen-bond donors (Lipinski definition) is 2. The van der Waals surface area contributed by atoms with E-state index in [2.05, 4.69) is 29.0 Å². The molecule has 1 aromatic heterocycles. The molecule has 2 nitrogen and oxygen atoms in total. The lowest BCUT2D eigenvalue weighted by molar-refractivity contribution is 0.627. The van der Waals surface area contributed by atoms with Crippen LogP contribution >= 0.6 is 11.3 Å². The van der Waals surface area contributed by atoms with Crippen LogP contribution in [0.1, 0.15) is 23.8 Å². The molecule has 0 radical (unpaired) electrons. The molecule has 0 aliphatic rings. The van der Waals surface area contributed by atoms with Crippen LogP contribution in [0.25, 0.3) is 0 Å². The number of hydrogen-bond acceptors (Lipinski definition) is 3. The Bertz CT molecular complexity index is 245. The fraction of sp³-hybridized carbons (Fsp3) is 0.636. The molecular formula is C11H20N2S. The van der Waals surface area contributed by atoms with Crippen LogP contribution in [0.5, 0.6) is 0 Å². The van der Waals surface area contributed by atoms with Gasteiger partial charge in [-0.15, -0.1) is 11.3 Å². The van der Waals surface area contributed by atoms with E-state index in [-0.39, 0.29) is 0 Å². The number of thiophene rings is 1. The van der Waals surface area contributed by atoms with Crippen LogP contribution in [-0.4, -0.2) is 20.1 Å². The molecule has 3 heteroatoms. The second-order valence-electron chi connectivity index (χ2n) is 3.36. The Kier molecular flexibility index (Phi) is 5.83. The highest BCUT2D eigenvalue weighted by Gasteiger charge is 2.00. The average molecular weight is 212 g/mol. The maximum Gasteiger partial charge on any atom is 0.0302 e. The van der Waals surface area contributed by atoms with Gasteiger partial charge in [0.25, 0.3) is 0 Å². The number of rotatable bonds is 7. The second kappa shape index (κ2) is 6.98. The first-order chi connectivity index (χ1) is 6.88. The summed E-state index contributed by atoms with van der Waals surface area (Å²) in [6, 6.07) is 2.23. The van der Waals surface area contributed by atoms with Crippen LogP contribution in [-0.2, 0) is 13.0 Å². The molecule has 0 aromatic carbocycles. The van der Waals surface area contributed by atoms with Crippen LogP contribution in [0.4, 0.5) is 0 Å². The predicted octanol–water partition coefficient (Wildman–Crippen LogP) is 2.01. The highest BCUT2D eigenvalue weighted by atomic mass is 32.1. The molecule has 1 aromatic rings. The number of aryl methyl sites for hydroxylation is 1. The monoisotopic (exact) mass is 212 g/mol. The summed E-state index contributed by atoms with van der Waals surface area (Å²) in [4.78, 5) is 1.50.